The lowest BCUT2D eigenvalue weighted by Gasteiger charge is -2.23. The number of ether oxygens (including phenoxy) is 3. The quantitative estimate of drug-likeness (QED) is 0.0697. The number of benzene rings is 2. The summed E-state index contributed by atoms with van der Waals surface area (Å²) in [5, 5.41) is 11.6. The Kier molecular flexibility index (Phi) is 9.57. The summed E-state index contributed by atoms with van der Waals surface area (Å²) in [6, 6.07) is 12.6. The number of aliphatic hydroxyl groups is 1. The molecule has 1 aromatic heterocycles. The standard InChI is InChI=1S/C31H32N2O7S/c1-5-8-17-40-23-11-9-10-21(18-23)26(34)24-25(20-12-14-22(15-13-20)39-16-6-2)33(29(36)27(24)35)31-32-19(4)28(41-31)30(37)38-7-3/h6,9-15,18,25,34H,2,5,7-8,16-17H2,1,3-4H3/b26-24+. The topological polar surface area (TPSA) is 115 Å². The molecular weight excluding hydrogens is 544 g/mol. The minimum absolute atomic E-state index is 0.106. The fraction of sp³-hybridized carbons (Fsp3) is 0.290. The predicted molar refractivity (Wildman–Crippen MR) is 157 cm³/mol. The Morgan fingerprint density at radius 1 is 1.12 bits per heavy atom. The van der Waals surface area contributed by atoms with Crippen LogP contribution in [0.3, 0.4) is 0 Å². The van der Waals surface area contributed by atoms with Gasteiger partial charge in [-0.2, -0.15) is 0 Å². The fourth-order valence-corrected chi connectivity index (χ4v) is 5.33. The average molecular weight is 577 g/mol. The van der Waals surface area contributed by atoms with Gasteiger partial charge < -0.3 is 19.3 Å². The fourth-order valence-electron chi connectivity index (χ4n) is 4.34. The third-order valence-electron chi connectivity index (χ3n) is 6.33. The Hall–Kier alpha value is -4.44. The van der Waals surface area contributed by atoms with Crippen LogP contribution in [0.25, 0.3) is 5.76 Å². The van der Waals surface area contributed by atoms with E-state index >= 15 is 0 Å². The minimum Gasteiger partial charge on any atom is -0.507 e. The van der Waals surface area contributed by atoms with Gasteiger partial charge in [0, 0.05) is 5.56 Å². The first-order valence-electron chi connectivity index (χ1n) is 13.3. The van der Waals surface area contributed by atoms with Crippen molar-refractivity contribution in [1.29, 1.82) is 0 Å². The zero-order chi connectivity index (χ0) is 29.5. The van der Waals surface area contributed by atoms with Gasteiger partial charge in [0.25, 0.3) is 5.78 Å². The number of carbonyl (C=O) groups is 3. The van der Waals surface area contributed by atoms with Crippen LogP contribution in [-0.4, -0.2) is 47.6 Å². The molecule has 0 bridgehead atoms. The Morgan fingerprint density at radius 2 is 1.88 bits per heavy atom. The number of unbranched alkanes of at least 4 members (excludes halogenated alkanes) is 1. The SMILES string of the molecule is C=CCOc1ccc(C2/C(=C(\O)c3cccc(OCCCC)c3)C(=O)C(=O)N2c2nc(C)c(C(=O)OCC)s2)cc1. The van der Waals surface area contributed by atoms with Crippen molar-refractivity contribution >= 4 is 39.9 Å². The molecule has 1 atom stereocenters. The smallest absolute Gasteiger partial charge is 0.350 e. The van der Waals surface area contributed by atoms with Crippen molar-refractivity contribution in [2.45, 2.75) is 39.7 Å². The van der Waals surface area contributed by atoms with Crippen LogP contribution in [0.2, 0.25) is 0 Å². The third kappa shape index (κ3) is 6.33. The molecule has 0 aliphatic carbocycles. The number of aliphatic hydroxyl groups excluding tert-OH is 1. The van der Waals surface area contributed by atoms with Gasteiger partial charge >= 0.3 is 11.9 Å². The van der Waals surface area contributed by atoms with E-state index in [9.17, 15) is 19.5 Å². The van der Waals surface area contributed by atoms with Gasteiger partial charge in [-0.1, -0.05) is 61.6 Å². The zero-order valence-electron chi connectivity index (χ0n) is 23.2. The number of amides is 1. The Morgan fingerprint density at radius 3 is 2.56 bits per heavy atom. The van der Waals surface area contributed by atoms with E-state index in [-0.39, 0.29) is 27.9 Å². The molecular formula is C31H32N2O7S. The minimum atomic E-state index is -1.02. The Bertz CT molecular complexity index is 1480. The monoisotopic (exact) mass is 576 g/mol. The normalized spacial score (nSPS) is 16.1. The van der Waals surface area contributed by atoms with E-state index in [1.54, 1.807) is 68.5 Å². The van der Waals surface area contributed by atoms with Crippen LogP contribution in [0.1, 0.15) is 59.2 Å². The highest BCUT2D eigenvalue weighted by Gasteiger charge is 2.48. The van der Waals surface area contributed by atoms with Gasteiger partial charge in [0.05, 0.1) is 30.5 Å². The third-order valence-corrected chi connectivity index (χ3v) is 7.47. The van der Waals surface area contributed by atoms with Gasteiger partial charge in [-0.15, -0.1) is 0 Å². The summed E-state index contributed by atoms with van der Waals surface area (Å²) in [6.45, 7) is 10.0. The van der Waals surface area contributed by atoms with Crippen LogP contribution < -0.4 is 14.4 Å². The maximum absolute atomic E-state index is 13.5. The Labute approximate surface area is 242 Å². The van der Waals surface area contributed by atoms with Crippen LogP contribution in [0.15, 0.2) is 66.8 Å². The maximum Gasteiger partial charge on any atom is 0.350 e. The van der Waals surface area contributed by atoms with Crippen molar-refractivity contribution in [2.75, 3.05) is 24.7 Å². The zero-order valence-corrected chi connectivity index (χ0v) is 24.0. The number of hydrogen-bond donors (Lipinski definition) is 1. The molecule has 0 spiro atoms. The van der Waals surface area contributed by atoms with Crippen LogP contribution in [0.5, 0.6) is 11.5 Å². The molecule has 1 fully saturated rings. The van der Waals surface area contributed by atoms with E-state index < -0.39 is 23.7 Å². The second kappa shape index (κ2) is 13.3. The lowest BCUT2D eigenvalue weighted by Crippen LogP contribution is -2.29. The lowest BCUT2D eigenvalue weighted by atomic mass is 9.95. The molecule has 0 radical (unpaired) electrons. The molecule has 10 heteroatoms. The molecule has 1 unspecified atom stereocenters. The molecule has 0 saturated carbocycles. The number of rotatable bonds is 12. The molecule has 3 aromatic rings. The number of anilines is 1. The highest BCUT2D eigenvalue weighted by molar-refractivity contribution is 7.17. The predicted octanol–water partition coefficient (Wildman–Crippen LogP) is 6.00. The molecule has 1 amide bonds. The van der Waals surface area contributed by atoms with Crippen molar-refractivity contribution in [3.63, 3.8) is 0 Å². The van der Waals surface area contributed by atoms with E-state index in [2.05, 4.69) is 18.5 Å². The number of aryl methyl sites for hydroxylation is 1. The summed E-state index contributed by atoms with van der Waals surface area (Å²) in [6.07, 6.45) is 3.46. The van der Waals surface area contributed by atoms with E-state index in [0.29, 0.717) is 41.5 Å². The van der Waals surface area contributed by atoms with Crippen molar-refractivity contribution in [1.82, 2.24) is 4.98 Å². The Balaban J connectivity index is 1.83. The number of aromatic nitrogens is 1. The summed E-state index contributed by atoms with van der Waals surface area (Å²) in [7, 11) is 0. The van der Waals surface area contributed by atoms with E-state index in [4.69, 9.17) is 14.2 Å². The second-order valence-electron chi connectivity index (χ2n) is 9.20. The number of ketones is 1. The molecule has 2 heterocycles. The number of esters is 1. The van der Waals surface area contributed by atoms with Crippen LogP contribution in [0.4, 0.5) is 5.13 Å². The molecule has 1 saturated heterocycles. The highest BCUT2D eigenvalue weighted by Crippen LogP contribution is 2.44. The van der Waals surface area contributed by atoms with E-state index in [0.717, 1.165) is 24.2 Å². The summed E-state index contributed by atoms with van der Waals surface area (Å²) in [4.78, 5) is 45.4. The molecule has 1 aliphatic heterocycles. The number of hydrogen-bond acceptors (Lipinski definition) is 9. The number of thiazole rings is 1. The number of Topliss-reactive ketones (excluding diaryl/α,β-unsaturated/α-hetero) is 1. The van der Waals surface area contributed by atoms with Gasteiger partial charge in [-0.05, 0) is 50.1 Å². The average Bonchev–Trinajstić information content (AvgIpc) is 3.48. The lowest BCUT2D eigenvalue weighted by molar-refractivity contribution is -0.132. The van der Waals surface area contributed by atoms with Gasteiger partial charge in [-0.3, -0.25) is 14.5 Å². The number of carbonyl (C=O) groups excluding carboxylic acids is 3. The van der Waals surface area contributed by atoms with Crippen LogP contribution in [-0.2, 0) is 14.3 Å². The summed E-state index contributed by atoms with van der Waals surface area (Å²) in [5.41, 5.74) is 1.13. The van der Waals surface area contributed by atoms with Crippen LogP contribution in [0, 0.1) is 6.92 Å². The van der Waals surface area contributed by atoms with Crippen molar-refractivity contribution in [3.8, 4) is 11.5 Å². The molecule has 41 heavy (non-hydrogen) atoms. The second-order valence-corrected chi connectivity index (χ2v) is 10.2. The first-order valence-corrected chi connectivity index (χ1v) is 14.1. The largest absolute Gasteiger partial charge is 0.507 e. The van der Waals surface area contributed by atoms with Gasteiger partial charge in [0.15, 0.2) is 5.13 Å². The van der Waals surface area contributed by atoms with Crippen molar-refractivity contribution in [3.05, 3.63) is 88.5 Å². The molecule has 1 aliphatic rings. The van der Waals surface area contributed by atoms with Crippen LogP contribution >= 0.6 is 11.3 Å². The van der Waals surface area contributed by atoms with Crippen molar-refractivity contribution < 1.29 is 33.7 Å². The van der Waals surface area contributed by atoms with E-state index in [1.807, 2.05) is 0 Å². The number of nitrogens with zero attached hydrogens (tertiary/aromatic N) is 2. The molecule has 2 aromatic carbocycles. The van der Waals surface area contributed by atoms with Crippen molar-refractivity contribution in [2.24, 2.45) is 0 Å². The molecule has 9 nitrogen and oxygen atoms in total. The van der Waals surface area contributed by atoms with Gasteiger partial charge in [-0.25, -0.2) is 9.78 Å². The first-order chi connectivity index (χ1) is 19.8. The first kappa shape index (κ1) is 29.5. The van der Waals surface area contributed by atoms with Gasteiger partial charge in [0.2, 0.25) is 0 Å². The van der Waals surface area contributed by atoms with Gasteiger partial charge in [0.1, 0.15) is 28.7 Å². The molecule has 1 N–H and O–H groups in total. The molecule has 4 rings (SSSR count). The summed E-state index contributed by atoms with van der Waals surface area (Å²) >= 11 is 0.954. The van der Waals surface area contributed by atoms with E-state index in [1.165, 1.54) is 4.90 Å². The maximum atomic E-state index is 13.5. The highest BCUT2D eigenvalue weighted by atomic mass is 32.1. The summed E-state index contributed by atoms with van der Waals surface area (Å²) in [5.74, 6) is -1.55. The summed E-state index contributed by atoms with van der Waals surface area (Å²) < 4.78 is 16.5. The molecule has 214 valence electrons.